The van der Waals surface area contributed by atoms with Gasteiger partial charge in [-0.05, 0) is 55.8 Å². The van der Waals surface area contributed by atoms with Crippen LogP contribution in [0.3, 0.4) is 0 Å². The molecule has 0 amide bonds. The Kier molecular flexibility index (Phi) is 4.79. The number of nitrogens with zero attached hydrogens (tertiary/aromatic N) is 3. The number of benzene rings is 2. The van der Waals surface area contributed by atoms with E-state index in [1.807, 2.05) is 6.07 Å². The Hall–Kier alpha value is -3.48. The predicted octanol–water partition coefficient (Wildman–Crippen LogP) is 2.44. The summed E-state index contributed by atoms with van der Waals surface area (Å²) in [5.41, 5.74) is 1.82. The van der Waals surface area contributed by atoms with E-state index in [9.17, 15) is 9.59 Å². The van der Waals surface area contributed by atoms with Crippen molar-refractivity contribution in [2.75, 3.05) is 6.61 Å². The molecular weight excluding hydrogens is 334 g/mol. The van der Waals surface area contributed by atoms with Crippen LogP contribution in [0, 0.1) is 6.92 Å². The predicted molar refractivity (Wildman–Crippen MR) is 97.9 cm³/mol. The first-order valence-electron chi connectivity index (χ1n) is 7.94. The van der Waals surface area contributed by atoms with Gasteiger partial charge in [-0.15, -0.1) is 0 Å². The summed E-state index contributed by atoms with van der Waals surface area (Å²) in [5.74, 6) is -0.0930. The van der Waals surface area contributed by atoms with Crippen molar-refractivity contribution >= 4 is 22.6 Å². The summed E-state index contributed by atoms with van der Waals surface area (Å²) in [6, 6.07) is 14.0. The van der Waals surface area contributed by atoms with Crippen molar-refractivity contribution < 1.29 is 14.6 Å². The number of rotatable bonds is 5. The zero-order valence-electron chi connectivity index (χ0n) is 14.3. The molecule has 3 rings (SSSR count). The van der Waals surface area contributed by atoms with Gasteiger partial charge in [-0.1, -0.05) is 12.1 Å². The van der Waals surface area contributed by atoms with Crippen molar-refractivity contribution in [2.45, 2.75) is 13.8 Å². The summed E-state index contributed by atoms with van der Waals surface area (Å²) in [5, 5.41) is 13.5. The van der Waals surface area contributed by atoms with Crippen LogP contribution in [-0.2, 0) is 4.79 Å². The number of aromatic nitrogens is 2. The van der Waals surface area contributed by atoms with Crippen LogP contribution < -0.4 is 10.3 Å². The van der Waals surface area contributed by atoms with Crippen molar-refractivity contribution in [3.8, 4) is 5.75 Å². The van der Waals surface area contributed by atoms with Crippen LogP contribution in [0.4, 0.5) is 0 Å². The largest absolute Gasteiger partial charge is 0.482 e. The maximum Gasteiger partial charge on any atom is 0.341 e. The molecule has 0 aliphatic rings. The lowest BCUT2D eigenvalue weighted by Crippen LogP contribution is -2.21. The number of para-hydroxylation sites is 1. The standard InChI is InChI=1S/C19H17N3O4/c1-12(14-7-9-15(10-8-14)26-11-18(23)24)21-22-13(2)20-17-6-4-3-5-16(17)19(22)25/h3-10H,11H2,1-2H3,(H,23,24). The van der Waals surface area contributed by atoms with Crippen LogP contribution in [0.1, 0.15) is 18.3 Å². The second-order valence-electron chi connectivity index (χ2n) is 5.69. The first-order valence-corrected chi connectivity index (χ1v) is 7.94. The van der Waals surface area contributed by atoms with Gasteiger partial charge in [0.15, 0.2) is 6.61 Å². The topological polar surface area (TPSA) is 93.8 Å². The minimum absolute atomic E-state index is 0.228. The van der Waals surface area contributed by atoms with Crippen molar-refractivity contribution in [3.63, 3.8) is 0 Å². The second-order valence-corrected chi connectivity index (χ2v) is 5.69. The number of hydrogen-bond donors (Lipinski definition) is 1. The van der Waals surface area contributed by atoms with E-state index in [2.05, 4.69) is 10.1 Å². The number of fused-ring (bicyclic) bond motifs is 1. The molecule has 0 fully saturated rings. The van der Waals surface area contributed by atoms with Gasteiger partial charge in [0.2, 0.25) is 0 Å². The molecule has 0 aliphatic heterocycles. The maximum atomic E-state index is 12.7. The molecule has 0 saturated carbocycles. The number of carboxylic acid groups (broad SMARTS) is 1. The molecule has 7 nitrogen and oxygen atoms in total. The quantitative estimate of drug-likeness (QED) is 0.713. The molecule has 7 heteroatoms. The maximum absolute atomic E-state index is 12.7. The Bertz CT molecular complexity index is 1050. The first kappa shape index (κ1) is 17.3. The number of hydrogen-bond acceptors (Lipinski definition) is 5. The molecule has 0 aliphatic carbocycles. The molecule has 0 atom stereocenters. The Morgan fingerprint density at radius 1 is 1.19 bits per heavy atom. The third-order valence-electron chi connectivity index (χ3n) is 3.80. The number of carbonyl (C=O) groups is 1. The summed E-state index contributed by atoms with van der Waals surface area (Å²) in [7, 11) is 0. The van der Waals surface area contributed by atoms with Crippen LogP contribution in [0.5, 0.6) is 5.75 Å². The highest BCUT2D eigenvalue weighted by Crippen LogP contribution is 2.13. The van der Waals surface area contributed by atoms with E-state index in [1.54, 1.807) is 56.3 Å². The van der Waals surface area contributed by atoms with Gasteiger partial charge in [0.05, 0.1) is 16.6 Å². The van der Waals surface area contributed by atoms with E-state index in [-0.39, 0.29) is 5.56 Å². The van der Waals surface area contributed by atoms with E-state index in [1.165, 1.54) is 4.68 Å². The lowest BCUT2D eigenvalue weighted by Gasteiger charge is -2.08. The molecule has 0 radical (unpaired) electrons. The number of ether oxygens (including phenoxy) is 1. The third-order valence-corrected chi connectivity index (χ3v) is 3.80. The fourth-order valence-electron chi connectivity index (χ4n) is 2.50. The molecular formula is C19H17N3O4. The van der Waals surface area contributed by atoms with E-state index in [0.717, 1.165) is 5.56 Å². The van der Waals surface area contributed by atoms with Gasteiger partial charge in [-0.25, -0.2) is 9.78 Å². The summed E-state index contributed by atoms with van der Waals surface area (Å²) in [6.45, 7) is 3.12. The molecule has 26 heavy (non-hydrogen) atoms. The molecule has 1 aromatic heterocycles. The second kappa shape index (κ2) is 7.18. The minimum atomic E-state index is -1.04. The highest BCUT2D eigenvalue weighted by molar-refractivity contribution is 5.98. The molecule has 1 heterocycles. The zero-order chi connectivity index (χ0) is 18.7. The van der Waals surface area contributed by atoms with Gasteiger partial charge in [0.1, 0.15) is 11.6 Å². The summed E-state index contributed by atoms with van der Waals surface area (Å²) < 4.78 is 6.39. The van der Waals surface area contributed by atoms with Crippen molar-refractivity contribution in [2.24, 2.45) is 5.10 Å². The van der Waals surface area contributed by atoms with Gasteiger partial charge in [0, 0.05) is 0 Å². The first-order chi connectivity index (χ1) is 12.5. The van der Waals surface area contributed by atoms with Crippen LogP contribution in [0.2, 0.25) is 0 Å². The van der Waals surface area contributed by atoms with Crippen LogP contribution in [-0.4, -0.2) is 33.1 Å². The number of aliphatic carboxylic acids is 1. The third kappa shape index (κ3) is 3.61. The van der Waals surface area contributed by atoms with Gasteiger partial charge in [-0.2, -0.15) is 9.78 Å². The van der Waals surface area contributed by atoms with Gasteiger partial charge in [-0.3, -0.25) is 4.79 Å². The molecule has 2 aromatic carbocycles. The monoisotopic (exact) mass is 351 g/mol. The normalized spacial score (nSPS) is 11.5. The van der Waals surface area contributed by atoms with Crippen molar-refractivity contribution in [3.05, 3.63) is 70.3 Å². The average molecular weight is 351 g/mol. The Labute approximate surface area is 149 Å². The van der Waals surface area contributed by atoms with Crippen LogP contribution >= 0.6 is 0 Å². The molecule has 1 N–H and O–H groups in total. The van der Waals surface area contributed by atoms with E-state index < -0.39 is 12.6 Å². The fraction of sp³-hybridized carbons (Fsp3) is 0.158. The average Bonchev–Trinajstić information content (AvgIpc) is 2.63. The minimum Gasteiger partial charge on any atom is -0.482 e. The molecule has 0 unspecified atom stereocenters. The molecule has 3 aromatic rings. The van der Waals surface area contributed by atoms with Crippen LogP contribution in [0.15, 0.2) is 58.4 Å². The summed E-state index contributed by atoms with van der Waals surface area (Å²) in [6.07, 6.45) is 0. The lowest BCUT2D eigenvalue weighted by molar-refractivity contribution is -0.139. The number of carboxylic acids is 1. The Morgan fingerprint density at radius 3 is 2.58 bits per heavy atom. The Balaban J connectivity index is 1.94. The Morgan fingerprint density at radius 2 is 1.88 bits per heavy atom. The molecule has 132 valence electrons. The SMILES string of the molecule is CC(=Nn1c(C)nc2ccccc2c1=O)c1ccc(OCC(=O)O)cc1. The summed E-state index contributed by atoms with van der Waals surface area (Å²) >= 11 is 0. The van der Waals surface area contributed by atoms with Crippen molar-refractivity contribution in [1.29, 1.82) is 0 Å². The van der Waals surface area contributed by atoms with Gasteiger partial charge < -0.3 is 9.84 Å². The zero-order valence-corrected chi connectivity index (χ0v) is 14.3. The number of aryl methyl sites for hydroxylation is 1. The van der Waals surface area contributed by atoms with E-state index >= 15 is 0 Å². The lowest BCUT2D eigenvalue weighted by atomic mass is 10.1. The van der Waals surface area contributed by atoms with Crippen molar-refractivity contribution in [1.82, 2.24) is 9.66 Å². The van der Waals surface area contributed by atoms with E-state index in [4.69, 9.17) is 9.84 Å². The van der Waals surface area contributed by atoms with Gasteiger partial charge >= 0.3 is 5.97 Å². The van der Waals surface area contributed by atoms with E-state index in [0.29, 0.717) is 28.2 Å². The smallest absolute Gasteiger partial charge is 0.341 e. The molecule has 0 spiro atoms. The van der Waals surface area contributed by atoms with Gasteiger partial charge in [0.25, 0.3) is 5.56 Å². The fourth-order valence-corrected chi connectivity index (χ4v) is 2.50. The van der Waals surface area contributed by atoms with Crippen LogP contribution in [0.25, 0.3) is 10.9 Å². The highest BCUT2D eigenvalue weighted by Gasteiger charge is 2.08. The highest BCUT2D eigenvalue weighted by atomic mass is 16.5. The molecule has 0 bridgehead atoms. The summed E-state index contributed by atoms with van der Waals surface area (Å²) in [4.78, 5) is 27.6. The molecule has 0 saturated heterocycles.